The molecule has 8 heteroatoms. The second kappa shape index (κ2) is 5.95. The minimum absolute atomic E-state index is 0.0772. The molecular formula is C16H18N2O5S. The molecule has 7 nitrogen and oxygen atoms in total. The lowest BCUT2D eigenvalue weighted by Crippen LogP contribution is -2.50. The van der Waals surface area contributed by atoms with Crippen LogP contribution < -0.4 is 0 Å². The number of rotatable bonds is 2. The summed E-state index contributed by atoms with van der Waals surface area (Å²) in [6.07, 6.45) is 1.15. The number of aromatic hydroxyl groups is 2. The fraction of sp³-hybridized carbons (Fsp3) is 0.312. The van der Waals surface area contributed by atoms with Gasteiger partial charge in [-0.3, -0.25) is 4.79 Å². The Morgan fingerprint density at radius 2 is 1.71 bits per heavy atom. The van der Waals surface area contributed by atoms with E-state index in [0.29, 0.717) is 10.8 Å². The molecule has 0 atom stereocenters. The third-order valence-corrected chi connectivity index (χ3v) is 5.49. The van der Waals surface area contributed by atoms with E-state index >= 15 is 0 Å². The topological polar surface area (TPSA) is 98.2 Å². The van der Waals surface area contributed by atoms with Gasteiger partial charge in [-0.1, -0.05) is 6.07 Å². The molecule has 0 unspecified atom stereocenters. The molecule has 1 aliphatic rings. The summed E-state index contributed by atoms with van der Waals surface area (Å²) in [7, 11) is -3.27. The fourth-order valence-electron chi connectivity index (χ4n) is 2.91. The molecule has 24 heavy (non-hydrogen) atoms. The highest BCUT2D eigenvalue weighted by Crippen LogP contribution is 2.30. The molecule has 0 aliphatic carbocycles. The van der Waals surface area contributed by atoms with Crippen molar-refractivity contribution < 1.29 is 23.4 Å². The minimum atomic E-state index is -3.27. The fourth-order valence-corrected chi connectivity index (χ4v) is 3.74. The molecular weight excluding hydrogens is 332 g/mol. The first-order valence-electron chi connectivity index (χ1n) is 7.46. The molecule has 1 fully saturated rings. The summed E-state index contributed by atoms with van der Waals surface area (Å²) in [6.45, 7) is 0.993. The van der Waals surface area contributed by atoms with Gasteiger partial charge < -0.3 is 15.1 Å². The zero-order valence-corrected chi connectivity index (χ0v) is 14.0. The van der Waals surface area contributed by atoms with E-state index in [2.05, 4.69) is 0 Å². The lowest BCUT2D eigenvalue weighted by atomic mass is 10.0. The summed E-state index contributed by atoms with van der Waals surface area (Å²) in [4.78, 5) is 14.3. The van der Waals surface area contributed by atoms with Gasteiger partial charge >= 0.3 is 0 Å². The predicted octanol–water partition coefficient (Wildman–Crippen LogP) is 0.968. The zero-order chi connectivity index (χ0) is 17.5. The van der Waals surface area contributed by atoms with E-state index < -0.39 is 10.0 Å². The van der Waals surface area contributed by atoms with Crippen molar-refractivity contribution >= 4 is 26.7 Å². The summed E-state index contributed by atoms with van der Waals surface area (Å²) in [5.41, 5.74) is 0.167. The largest absolute Gasteiger partial charge is 0.508 e. The van der Waals surface area contributed by atoms with Crippen LogP contribution in [0.1, 0.15) is 10.4 Å². The highest BCUT2D eigenvalue weighted by Gasteiger charge is 2.28. The standard InChI is InChI=1S/C16H18N2O5S/c1-24(22,23)18-8-6-17(7-9-18)16(21)15-13-4-3-12(19)10-11(13)2-5-14(15)20/h2-5,10,19-20H,6-9H2,1H3. The summed E-state index contributed by atoms with van der Waals surface area (Å²) >= 11 is 0. The SMILES string of the molecule is CS(=O)(=O)N1CCN(C(=O)c2c(O)ccc3cc(O)ccc23)CC1. The number of nitrogens with zero attached hydrogens (tertiary/aromatic N) is 2. The molecule has 1 heterocycles. The Bertz CT molecular complexity index is 902. The van der Waals surface area contributed by atoms with Crippen LogP contribution in [0, 0.1) is 0 Å². The Morgan fingerprint density at radius 1 is 1.04 bits per heavy atom. The third-order valence-electron chi connectivity index (χ3n) is 4.19. The maximum atomic E-state index is 12.8. The third kappa shape index (κ3) is 3.02. The Labute approximate surface area is 139 Å². The first-order chi connectivity index (χ1) is 11.3. The van der Waals surface area contributed by atoms with E-state index in [9.17, 15) is 23.4 Å². The Balaban J connectivity index is 1.91. The van der Waals surface area contributed by atoms with Crippen LogP contribution in [-0.2, 0) is 10.0 Å². The van der Waals surface area contributed by atoms with Crippen molar-refractivity contribution in [1.82, 2.24) is 9.21 Å². The Kier molecular flexibility index (Phi) is 4.10. The van der Waals surface area contributed by atoms with Crippen molar-refractivity contribution in [3.63, 3.8) is 0 Å². The molecule has 0 saturated carbocycles. The number of hydrogen-bond acceptors (Lipinski definition) is 5. The van der Waals surface area contributed by atoms with Crippen molar-refractivity contribution in [3.8, 4) is 11.5 Å². The van der Waals surface area contributed by atoms with Crippen molar-refractivity contribution in [2.45, 2.75) is 0 Å². The molecule has 0 aromatic heterocycles. The number of piperazine rings is 1. The van der Waals surface area contributed by atoms with E-state index in [1.54, 1.807) is 12.1 Å². The van der Waals surface area contributed by atoms with Crippen molar-refractivity contribution in [1.29, 1.82) is 0 Å². The molecule has 3 rings (SSSR count). The summed E-state index contributed by atoms with van der Waals surface area (Å²) < 4.78 is 24.4. The van der Waals surface area contributed by atoms with Crippen molar-refractivity contribution in [3.05, 3.63) is 35.9 Å². The van der Waals surface area contributed by atoms with Gasteiger partial charge in [-0.2, -0.15) is 4.31 Å². The molecule has 2 N–H and O–H groups in total. The van der Waals surface area contributed by atoms with Crippen LogP contribution >= 0.6 is 0 Å². The number of phenols is 2. The van der Waals surface area contributed by atoms with E-state index in [0.717, 1.165) is 6.26 Å². The maximum Gasteiger partial charge on any atom is 0.258 e. The van der Waals surface area contributed by atoms with Crippen LogP contribution in [0.25, 0.3) is 10.8 Å². The van der Waals surface area contributed by atoms with Crippen LogP contribution in [-0.4, -0.2) is 66.2 Å². The van der Waals surface area contributed by atoms with Gasteiger partial charge in [-0.05, 0) is 35.0 Å². The van der Waals surface area contributed by atoms with Gasteiger partial charge in [0.1, 0.15) is 11.5 Å². The van der Waals surface area contributed by atoms with Crippen LogP contribution in [0.3, 0.4) is 0 Å². The average Bonchev–Trinajstić information content (AvgIpc) is 2.54. The van der Waals surface area contributed by atoms with Gasteiger partial charge in [0, 0.05) is 26.2 Å². The van der Waals surface area contributed by atoms with Gasteiger partial charge in [0.25, 0.3) is 5.91 Å². The number of benzene rings is 2. The van der Waals surface area contributed by atoms with Gasteiger partial charge in [0.15, 0.2) is 0 Å². The highest BCUT2D eigenvalue weighted by molar-refractivity contribution is 7.88. The molecule has 1 aliphatic heterocycles. The number of phenolic OH excluding ortho intramolecular Hbond substituents is 2. The highest BCUT2D eigenvalue weighted by atomic mass is 32.2. The molecule has 1 amide bonds. The van der Waals surface area contributed by atoms with Gasteiger partial charge in [-0.15, -0.1) is 0 Å². The van der Waals surface area contributed by atoms with Gasteiger partial charge in [0.05, 0.1) is 11.8 Å². The van der Waals surface area contributed by atoms with Crippen molar-refractivity contribution in [2.24, 2.45) is 0 Å². The molecule has 0 spiro atoms. The van der Waals surface area contributed by atoms with Crippen LogP contribution in [0.5, 0.6) is 11.5 Å². The lowest BCUT2D eigenvalue weighted by molar-refractivity contribution is 0.0697. The molecule has 1 saturated heterocycles. The first kappa shape index (κ1) is 16.5. The second-order valence-corrected chi connectivity index (χ2v) is 7.80. The number of fused-ring (bicyclic) bond motifs is 1. The zero-order valence-electron chi connectivity index (χ0n) is 13.1. The van der Waals surface area contributed by atoms with E-state index in [4.69, 9.17) is 0 Å². The molecule has 0 radical (unpaired) electrons. The van der Waals surface area contributed by atoms with E-state index in [1.165, 1.54) is 27.4 Å². The monoisotopic (exact) mass is 350 g/mol. The van der Waals surface area contributed by atoms with Gasteiger partial charge in [0.2, 0.25) is 10.0 Å². The minimum Gasteiger partial charge on any atom is -0.508 e. The Morgan fingerprint density at radius 3 is 2.33 bits per heavy atom. The number of sulfonamides is 1. The molecule has 0 bridgehead atoms. The molecule has 2 aromatic carbocycles. The van der Waals surface area contributed by atoms with Crippen LogP contribution in [0.2, 0.25) is 0 Å². The number of carbonyl (C=O) groups excluding carboxylic acids is 1. The van der Waals surface area contributed by atoms with E-state index in [-0.39, 0.29) is 49.1 Å². The number of hydrogen-bond donors (Lipinski definition) is 2. The average molecular weight is 350 g/mol. The number of carbonyl (C=O) groups is 1. The summed E-state index contributed by atoms with van der Waals surface area (Å²) in [6, 6.07) is 7.61. The predicted molar refractivity (Wildman–Crippen MR) is 89.6 cm³/mol. The van der Waals surface area contributed by atoms with Gasteiger partial charge in [-0.25, -0.2) is 8.42 Å². The van der Waals surface area contributed by atoms with Crippen LogP contribution in [0.15, 0.2) is 30.3 Å². The quantitative estimate of drug-likeness (QED) is 0.841. The first-order valence-corrected chi connectivity index (χ1v) is 9.31. The molecule has 128 valence electrons. The Hall–Kier alpha value is -2.32. The normalized spacial score (nSPS) is 16.5. The second-order valence-electron chi connectivity index (χ2n) is 5.82. The van der Waals surface area contributed by atoms with Crippen LogP contribution in [0.4, 0.5) is 0 Å². The summed E-state index contributed by atoms with van der Waals surface area (Å²) in [5.74, 6) is -0.408. The van der Waals surface area contributed by atoms with Crippen molar-refractivity contribution in [2.75, 3.05) is 32.4 Å². The smallest absolute Gasteiger partial charge is 0.258 e. The lowest BCUT2D eigenvalue weighted by Gasteiger charge is -2.33. The molecule has 2 aromatic rings. The maximum absolute atomic E-state index is 12.8. The number of amides is 1. The van der Waals surface area contributed by atoms with E-state index in [1.807, 2.05) is 0 Å². The summed E-state index contributed by atoms with van der Waals surface area (Å²) in [5, 5.41) is 20.9.